The standard InChI is InChI=1S/C12H23NO4/c1-8(11(14)16-5)7-13(4)10(3)9(2)12(15)17-6/h8-10H,7H2,1-6H3. The summed E-state index contributed by atoms with van der Waals surface area (Å²) in [6.07, 6.45) is 0. The van der Waals surface area contributed by atoms with Crippen molar-refractivity contribution in [3.63, 3.8) is 0 Å². The molecule has 0 heterocycles. The lowest BCUT2D eigenvalue weighted by Crippen LogP contribution is -2.41. The van der Waals surface area contributed by atoms with Gasteiger partial charge in [-0.1, -0.05) is 13.8 Å². The highest BCUT2D eigenvalue weighted by Crippen LogP contribution is 2.13. The summed E-state index contributed by atoms with van der Waals surface area (Å²) in [5.74, 6) is -0.919. The number of methoxy groups -OCH3 is 2. The normalized spacial score (nSPS) is 16.2. The molecule has 0 radical (unpaired) electrons. The topological polar surface area (TPSA) is 55.8 Å². The van der Waals surface area contributed by atoms with Crippen molar-refractivity contribution < 1.29 is 19.1 Å². The Bertz CT molecular complexity index is 267. The van der Waals surface area contributed by atoms with Crippen LogP contribution in [0.2, 0.25) is 0 Å². The van der Waals surface area contributed by atoms with E-state index in [-0.39, 0.29) is 29.8 Å². The number of carbonyl (C=O) groups is 2. The van der Waals surface area contributed by atoms with E-state index in [0.717, 1.165) is 0 Å². The fourth-order valence-corrected chi connectivity index (χ4v) is 1.64. The van der Waals surface area contributed by atoms with Gasteiger partial charge in [-0.3, -0.25) is 9.59 Å². The molecule has 0 amide bonds. The Kier molecular flexibility index (Phi) is 6.80. The van der Waals surface area contributed by atoms with Crippen molar-refractivity contribution in [2.75, 3.05) is 27.8 Å². The molecule has 3 atom stereocenters. The summed E-state index contributed by atoms with van der Waals surface area (Å²) in [7, 11) is 4.63. The second-order valence-electron chi connectivity index (χ2n) is 4.42. The van der Waals surface area contributed by atoms with Crippen molar-refractivity contribution in [2.24, 2.45) is 11.8 Å². The number of ether oxygens (including phenoxy) is 2. The maximum Gasteiger partial charge on any atom is 0.309 e. The van der Waals surface area contributed by atoms with Crippen LogP contribution in [0.1, 0.15) is 20.8 Å². The molecule has 0 aliphatic carbocycles. The van der Waals surface area contributed by atoms with Crippen molar-refractivity contribution in [2.45, 2.75) is 26.8 Å². The second-order valence-corrected chi connectivity index (χ2v) is 4.42. The van der Waals surface area contributed by atoms with Crippen molar-refractivity contribution in [1.82, 2.24) is 4.90 Å². The van der Waals surface area contributed by atoms with E-state index in [1.807, 2.05) is 25.8 Å². The molecule has 0 N–H and O–H groups in total. The van der Waals surface area contributed by atoms with Crippen LogP contribution in [0.15, 0.2) is 0 Å². The molecule has 0 rings (SSSR count). The van der Waals surface area contributed by atoms with Crippen LogP contribution in [0.25, 0.3) is 0 Å². The summed E-state index contributed by atoms with van der Waals surface area (Å²) in [5.41, 5.74) is 0. The van der Waals surface area contributed by atoms with E-state index < -0.39 is 0 Å². The molecule has 0 spiro atoms. The SMILES string of the molecule is COC(=O)C(C)CN(C)C(C)C(C)C(=O)OC. The van der Waals surface area contributed by atoms with Crippen molar-refractivity contribution in [3.05, 3.63) is 0 Å². The first kappa shape index (κ1) is 15.9. The Morgan fingerprint density at radius 3 is 1.94 bits per heavy atom. The summed E-state index contributed by atoms with van der Waals surface area (Å²) in [4.78, 5) is 24.6. The van der Waals surface area contributed by atoms with E-state index in [2.05, 4.69) is 4.74 Å². The lowest BCUT2D eigenvalue weighted by molar-refractivity contribution is -0.147. The van der Waals surface area contributed by atoms with Crippen LogP contribution in [0.4, 0.5) is 0 Å². The fraction of sp³-hybridized carbons (Fsp3) is 0.833. The summed E-state index contributed by atoms with van der Waals surface area (Å²) >= 11 is 0. The molecule has 5 heteroatoms. The van der Waals surface area contributed by atoms with Gasteiger partial charge in [-0.15, -0.1) is 0 Å². The van der Waals surface area contributed by atoms with Crippen LogP contribution in [-0.4, -0.2) is 50.7 Å². The Morgan fingerprint density at radius 2 is 1.53 bits per heavy atom. The van der Waals surface area contributed by atoms with Crippen LogP contribution < -0.4 is 0 Å². The van der Waals surface area contributed by atoms with E-state index >= 15 is 0 Å². The van der Waals surface area contributed by atoms with Gasteiger partial charge in [-0.2, -0.15) is 0 Å². The maximum atomic E-state index is 11.4. The summed E-state index contributed by atoms with van der Waals surface area (Å²) in [5, 5.41) is 0. The summed E-state index contributed by atoms with van der Waals surface area (Å²) in [6, 6.07) is 0.00885. The minimum atomic E-state index is -0.241. The van der Waals surface area contributed by atoms with E-state index in [1.165, 1.54) is 14.2 Å². The van der Waals surface area contributed by atoms with Crippen LogP contribution in [0.3, 0.4) is 0 Å². The highest BCUT2D eigenvalue weighted by atomic mass is 16.5. The fourth-order valence-electron chi connectivity index (χ4n) is 1.64. The molecule has 5 nitrogen and oxygen atoms in total. The van der Waals surface area contributed by atoms with Crippen LogP contribution in [-0.2, 0) is 19.1 Å². The number of rotatable bonds is 6. The van der Waals surface area contributed by atoms with Crippen molar-refractivity contribution >= 4 is 11.9 Å². The van der Waals surface area contributed by atoms with Gasteiger partial charge in [0.05, 0.1) is 26.1 Å². The molecule has 17 heavy (non-hydrogen) atoms. The van der Waals surface area contributed by atoms with Crippen LogP contribution in [0, 0.1) is 11.8 Å². The third-order valence-corrected chi connectivity index (χ3v) is 3.16. The number of hydrogen-bond donors (Lipinski definition) is 0. The van der Waals surface area contributed by atoms with E-state index in [4.69, 9.17) is 4.74 Å². The largest absolute Gasteiger partial charge is 0.469 e. The van der Waals surface area contributed by atoms with Gasteiger partial charge < -0.3 is 14.4 Å². The van der Waals surface area contributed by atoms with E-state index in [1.54, 1.807) is 6.92 Å². The quantitative estimate of drug-likeness (QED) is 0.651. The summed E-state index contributed by atoms with van der Waals surface area (Å²) < 4.78 is 9.36. The van der Waals surface area contributed by atoms with Gasteiger partial charge in [0, 0.05) is 12.6 Å². The lowest BCUT2D eigenvalue weighted by Gasteiger charge is -2.29. The average molecular weight is 245 g/mol. The van der Waals surface area contributed by atoms with E-state index in [9.17, 15) is 9.59 Å². The van der Waals surface area contributed by atoms with Gasteiger partial charge >= 0.3 is 11.9 Å². The lowest BCUT2D eigenvalue weighted by atomic mass is 10.0. The molecular formula is C12H23NO4. The number of nitrogens with zero attached hydrogens (tertiary/aromatic N) is 1. The molecule has 0 fully saturated rings. The van der Waals surface area contributed by atoms with Crippen LogP contribution in [0.5, 0.6) is 0 Å². The molecule has 0 aliphatic rings. The number of carbonyl (C=O) groups excluding carboxylic acids is 2. The Morgan fingerprint density at radius 1 is 1.06 bits per heavy atom. The Balaban J connectivity index is 4.35. The number of hydrogen-bond acceptors (Lipinski definition) is 5. The average Bonchev–Trinajstić information content (AvgIpc) is 2.34. The molecular weight excluding hydrogens is 222 g/mol. The molecule has 0 bridgehead atoms. The zero-order valence-electron chi connectivity index (χ0n) is 11.5. The minimum absolute atomic E-state index is 0.00885. The predicted molar refractivity (Wildman–Crippen MR) is 64.5 cm³/mol. The van der Waals surface area contributed by atoms with Crippen molar-refractivity contribution in [3.8, 4) is 0 Å². The monoisotopic (exact) mass is 245 g/mol. The second kappa shape index (κ2) is 7.27. The van der Waals surface area contributed by atoms with Gasteiger partial charge in [0.15, 0.2) is 0 Å². The van der Waals surface area contributed by atoms with Crippen molar-refractivity contribution in [1.29, 1.82) is 0 Å². The van der Waals surface area contributed by atoms with Crippen LogP contribution >= 0.6 is 0 Å². The number of esters is 2. The minimum Gasteiger partial charge on any atom is -0.469 e. The molecule has 100 valence electrons. The van der Waals surface area contributed by atoms with Gasteiger partial charge in [0.2, 0.25) is 0 Å². The smallest absolute Gasteiger partial charge is 0.309 e. The Labute approximate surface area is 103 Å². The molecule has 0 aromatic rings. The molecule has 3 unspecified atom stereocenters. The first-order chi connectivity index (χ1) is 7.84. The molecule has 0 saturated carbocycles. The van der Waals surface area contributed by atoms with Gasteiger partial charge in [0.25, 0.3) is 0 Å². The first-order valence-corrected chi connectivity index (χ1v) is 5.71. The molecule has 0 aliphatic heterocycles. The van der Waals surface area contributed by atoms with Gasteiger partial charge in [0.1, 0.15) is 0 Å². The maximum absolute atomic E-state index is 11.4. The predicted octanol–water partition coefficient (Wildman–Crippen LogP) is 0.925. The highest BCUT2D eigenvalue weighted by Gasteiger charge is 2.26. The molecule has 0 aromatic carbocycles. The van der Waals surface area contributed by atoms with E-state index in [0.29, 0.717) is 6.54 Å². The Hall–Kier alpha value is -1.10. The van der Waals surface area contributed by atoms with Gasteiger partial charge in [-0.05, 0) is 14.0 Å². The zero-order valence-corrected chi connectivity index (χ0v) is 11.5. The summed E-state index contributed by atoms with van der Waals surface area (Å²) in [6.45, 7) is 6.11. The highest BCUT2D eigenvalue weighted by molar-refractivity contribution is 5.73. The zero-order chi connectivity index (χ0) is 13.6. The third kappa shape index (κ3) is 4.73. The first-order valence-electron chi connectivity index (χ1n) is 5.71. The molecule has 0 aromatic heterocycles. The molecule has 0 saturated heterocycles. The van der Waals surface area contributed by atoms with Gasteiger partial charge in [-0.25, -0.2) is 0 Å². The third-order valence-electron chi connectivity index (χ3n) is 3.16.